The molecule has 2 N–H and O–H groups in total. The predicted molar refractivity (Wildman–Crippen MR) is 82.9 cm³/mol. The molecule has 0 saturated carbocycles. The maximum Gasteiger partial charge on any atom is 0.412 e. The highest BCUT2D eigenvalue weighted by molar-refractivity contribution is 5.85. The molecular formula is C16H25NO4. The predicted octanol–water partition coefficient (Wildman–Crippen LogP) is 3.36. The molecule has 1 amide bonds. The molecule has 0 unspecified atom stereocenters. The average Bonchev–Trinajstić information content (AvgIpc) is 2.34. The van der Waals surface area contributed by atoms with Crippen molar-refractivity contribution < 1.29 is 19.4 Å². The molecular weight excluding hydrogens is 270 g/mol. The highest BCUT2D eigenvalue weighted by Gasteiger charge is 2.16. The molecule has 1 rings (SSSR count). The van der Waals surface area contributed by atoms with E-state index in [9.17, 15) is 9.90 Å². The van der Waals surface area contributed by atoms with Crippen LogP contribution < -0.4 is 10.1 Å². The zero-order valence-corrected chi connectivity index (χ0v) is 13.4. The summed E-state index contributed by atoms with van der Waals surface area (Å²) in [6.07, 6.45) is 0.526. The highest BCUT2D eigenvalue weighted by atomic mass is 16.6. The first-order valence-electron chi connectivity index (χ1n) is 7.06. The maximum absolute atomic E-state index is 11.7. The fourth-order valence-corrected chi connectivity index (χ4v) is 1.81. The molecule has 5 nitrogen and oxygen atoms in total. The van der Waals surface area contributed by atoms with E-state index in [0.717, 1.165) is 5.56 Å². The monoisotopic (exact) mass is 295 g/mol. The summed E-state index contributed by atoms with van der Waals surface area (Å²) in [6.45, 7) is 7.19. The molecule has 0 radical (unpaired) electrons. The van der Waals surface area contributed by atoms with Gasteiger partial charge in [0.05, 0.1) is 13.2 Å². The molecule has 1 aromatic rings. The number of ether oxygens (including phenoxy) is 2. The summed E-state index contributed by atoms with van der Waals surface area (Å²) in [5.74, 6) is 0.684. The van der Waals surface area contributed by atoms with Crippen molar-refractivity contribution in [2.75, 3.05) is 12.4 Å². The van der Waals surface area contributed by atoms with Gasteiger partial charge >= 0.3 is 6.09 Å². The van der Waals surface area contributed by atoms with Crippen LogP contribution in [0.15, 0.2) is 18.2 Å². The largest absolute Gasteiger partial charge is 0.496 e. The van der Waals surface area contributed by atoms with Crippen LogP contribution in [0.1, 0.15) is 39.7 Å². The van der Waals surface area contributed by atoms with Crippen LogP contribution in [-0.2, 0) is 11.2 Å². The van der Waals surface area contributed by atoms with Crippen LogP contribution in [-0.4, -0.2) is 30.0 Å². The van der Waals surface area contributed by atoms with E-state index in [2.05, 4.69) is 5.32 Å². The van der Waals surface area contributed by atoms with Crippen molar-refractivity contribution in [3.8, 4) is 5.75 Å². The number of benzene rings is 1. The van der Waals surface area contributed by atoms with Gasteiger partial charge in [0.2, 0.25) is 0 Å². The van der Waals surface area contributed by atoms with Crippen LogP contribution in [0.2, 0.25) is 0 Å². The Morgan fingerprint density at radius 3 is 2.57 bits per heavy atom. The lowest BCUT2D eigenvalue weighted by atomic mass is 10.1. The molecule has 1 atom stereocenters. The van der Waals surface area contributed by atoms with Gasteiger partial charge in [-0.05, 0) is 52.2 Å². The van der Waals surface area contributed by atoms with Crippen molar-refractivity contribution >= 4 is 11.8 Å². The zero-order valence-electron chi connectivity index (χ0n) is 13.4. The van der Waals surface area contributed by atoms with Gasteiger partial charge in [0.15, 0.2) is 0 Å². The molecule has 1 aromatic carbocycles. The van der Waals surface area contributed by atoms with Gasteiger partial charge in [0, 0.05) is 11.8 Å². The zero-order chi connectivity index (χ0) is 16.0. The Morgan fingerprint density at radius 1 is 1.38 bits per heavy atom. The molecule has 0 heterocycles. The molecule has 0 aliphatic carbocycles. The Hall–Kier alpha value is -1.75. The number of carbonyl (C=O) groups is 1. The molecule has 0 saturated heterocycles. The van der Waals surface area contributed by atoms with Gasteiger partial charge in [-0.15, -0.1) is 0 Å². The lowest BCUT2D eigenvalue weighted by molar-refractivity contribution is 0.0636. The van der Waals surface area contributed by atoms with Crippen LogP contribution in [0.5, 0.6) is 5.75 Å². The Kier molecular flexibility index (Phi) is 6.03. The fraction of sp³-hybridized carbons (Fsp3) is 0.562. The SMILES string of the molecule is COc1cc(NC(=O)OC(C)(C)C)ccc1CC[C@@H](C)O. The molecule has 0 spiro atoms. The number of aryl methyl sites for hydroxylation is 1. The van der Waals surface area contributed by atoms with Gasteiger partial charge in [0.1, 0.15) is 11.4 Å². The van der Waals surface area contributed by atoms with Crippen LogP contribution in [0.3, 0.4) is 0 Å². The number of amides is 1. The maximum atomic E-state index is 11.7. The summed E-state index contributed by atoms with van der Waals surface area (Å²) >= 11 is 0. The molecule has 5 heteroatoms. The summed E-state index contributed by atoms with van der Waals surface area (Å²) in [7, 11) is 1.58. The van der Waals surface area contributed by atoms with Crippen molar-refractivity contribution in [1.29, 1.82) is 0 Å². The summed E-state index contributed by atoms with van der Waals surface area (Å²) in [5.41, 5.74) is 1.07. The van der Waals surface area contributed by atoms with Gasteiger partial charge in [-0.2, -0.15) is 0 Å². The lowest BCUT2D eigenvalue weighted by Crippen LogP contribution is -2.27. The number of carbonyl (C=O) groups excluding carboxylic acids is 1. The third-order valence-electron chi connectivity index (χ3n) is 2.76. The van der Waals surface area contributed by atoms with Crippen LogP contribution in [0, 0.1) is 0 Å². The van der Waals surface area contributed by atoms with E-state index in [1.165, 1.54) is 0 Å². The van der Waals surface area contributed by atoms with Gasteiger partial charge in [-0.25, -0.2) is 4.79 Å². The average molecular weight is 295 g/mol. The number of hydrogen-bond donors (Lipinski definition) is 2. The van der Waals surface area contributed by atoms with Crippen LogP contribution in [0.25, 0.3) is 0 Å². The van der Waals surface area contributed by atoms with E-state index >= 15 is 0 Å². The number of aliphatic hydroxyl groups excluding tert-OH is 1. The molecule has 0 aromatic heterocycles. The Labute approximate surface area is 126 Å². The van der Waals surface area contributed by atoms with E-state index in [4.69, 9.17) is 9.47 Å². The summed E-state index contributed by atoms with van der Waals surface area (Å²) in [4.78, 5) is 11.7. The first-order chi connectivity index (χ1) is 9.71. The Bertz CT molecular complexity index is 478. The normalized spacial score (nSPS) is 12.7. The third-order valence-corrected chi connectivity index (χ3v) is 2.76. The highest BCUT2D eigenvalue weighted by Crippen LogP contribution is 2.25. The summed E-state index contributed by atoms with van der Waals surface area (Å²) in [6, 6.07) is 5.43. The van der Waals surface area contributed by atoms with E-state index in [-0.39, 0.29) is 6.10 Å². The summed E-state index contributed by atoms with van der Waals surface area (Å²) in [5, 5.41) is 12.0. The molecule has 0 fully saturated rings. The van der Waals surface area contributed by atoms with Crippen molar-refractivity contribution in [3.63, 3.8) is 0 Å². The molecule has 0 aliphatic heterocycles. The Balaban J connectivity index is 2.75. The van der Waals surface area contributed by atoms with Crippen molar-refractivity contribution in [1.82, 2.24) is 0 Å². The first-order valence-corrected chi connectivity index (χ1v) is 7.06. The second-order valence-electron chi connectivity index (χ2n) is 6.04. The van der Waals surface area contributed by atoms with Gasteiger partial charge < -0.3 is 14.6 Å². The van der Waals surface area contributed by atoms with Crippen molar-refractivity contribution in [3.05, 3.63) is 23.8 Å². The standard InChI is InChI=1S/C16H25NO4/c1-11(18)6-7-12-8-9-13(10-14(12)20-5)17-15(19)21-16(2,3)4/h8-11,18H,6-7H2,1-5H3,(H,17,19)/t11-/m1/s1. The molecule has 0 bridgehead atoms. The van der Waals surface area contributed by atoms with E-state index in [1.54, 1.807) is 26.2 Å². The fourth-order valence-electron chi connectivity index (χ4n) is 1.81. The minimum Gasteiger partial charge on any atom is -0.496 e. The number of rotatable bonds is 5. The minimum atomic E-state index is -0.536. The number of methoxy groups -OCH3 is 1. The number of nitrogens with one attached hydrogen (secondary N) is 1. The van der Waals surface area contributed by atoms with E-state index < -0.39 is 11.7 Å². The van der Waals surface area contributed by atoms with Crippen LogP contribution in [0.4, 0.5) is 10.5 Å². The van der Waals surface area contributed by atoms with Crippen LogP contribution >= 0.6 is 0 Å². The van der Waals surface area contributed by atoms with E-state index in [0.29, 0.717) is 24.3 Å². The van der Waals surface area contributed by atoms with E-state index in [1.807, 2.05) is 26.8 Å². The molecule has 118 valence electrons. The molecule has 0 aliphatic rings. The minimum absolute atomic E-state index is 0.353. The summed E-state index contributed by atoms with van der Waals surface area (Å²) < 4.78 is 10.5. The second-order valence-corrected chi connectivity index (χ2v) is 6.04. The number of anilines is 1. The number of aliphatic hydroxyl groups is 1. The smallest absolute Gasteiger partial charge is 0.412 e. The second kappa shape index (κ2) is 7.31. The lowest BCUT2D eigenvalue weighted by Gasteiger charge is -2.20. The van der Waals surface area contributed by atoms with Gasteiger partial charge in [-0.3, -0.25) is 5.32 Å². The first kappa shape index (κ1) is 17.3. The van der Waals surface area contributed by atoms with Crippen molar-refractivity contribution in [2.45, 2.75) is 52.2 Å². The van der Waals surface area contributed by atoms with Gasteiger partial charge in [0.25, 0.3) is 0 Å². The third kappa shape index (κ3) is 6.49. The van der Waals surface area contributed by atoms with Crippen molar-refractivity contribution in [2.24, 2.45) is 0 Å². The Morgan fingerprint density at radius 2 is 2.05 bits per heavy atom. The topological polar surface area (TPSA) is 67.8 Å². The quantitative estimate of drug-likeness (QED) is 0.874. The number of hydrogen-bond acceptors (Lipinski definition) is 4. The van der Waals surface area contributed by atoms with Gasteiger partial charge in [-0.1, -0.05) is 6.07 Å². The molecule has 21 heavy (non-hydrogen) atoms.